The van der Waals surface area contributed by atoms with Gasteiger partial charge in [0.1, 0.15) is 11.4 Å². The summed E-state index contributed by atoms with van der Waals surface area (Å²) in [4.78, 5) is 22.8. The fourth-order valence-electron chi connectivity index (χ4n) is 1.63. The molecule has 1 rings (SSSR count). The first-order valence-corrected chi connectivity index (χ1v) is 6.73. The van der Waals surface area contributed by atoms with Gasteiger partial charge in [0.25, 0.3) is 0 Å². The van der Waals surface area contributed by atoms with Crippen molar-refractivity contribution in [1.82, 2.24) is 0 Å². The quantitative estimate of drug-likeness (QED) is 0.845. The van der Waals surface area contributed by atoms with Crippen LogP contribution < -0.4 is 4.74 Å². The van der Waals surface area contributed by atoms with Crippen LogP contribution in [0.4, 0.5) is 0 Å². The van der Waals surface area contributed by atoms with Gasteiger partial charge in [-0.05, 0) is 52.3 Å². The second kappa shape index (κ2) is 6.16. The molecule has 0 aliphatic rings. The summed E-state index contributed by atoms with van der Waals surface area (Å²) in [6.07, 6.45) is -0.0932. The smallest absolute Gasteiger partial charge is 0.350 e. The molecule has 21 heavy (non-hydrogen) atoms. The number of hydrogen-bond acceptors (Lipinski definition) is 4. The molecule has 0 aliphatic carbocycles. The molecular formula is C16H22O5. The van der Waals surface area contributed by atoms with E-state index in [2.05, 4.69) is 0 Å². The Balaban J connectivity index is 2.83. The fourth-order valence-corrected chi connectivity index (χ4v) is 1.63. The van der Waals surface area contributed by atoms with E-state index in [1.165, 1.54) is 0 Å². The Kier molecular flexibility index (Phi) is 4.99. The number of carbonyl (C=O) groups excluding carboxylic acids is 1. The first-order chi connectivity index (χ1) is 9.49. The molecule has 0 heterocycles. The van der Waals surface area contributed by atoms with Gasteiger partial charge in [-0.1, -0.05) is 12.1 Å². The van der Waals surface area contributed by atoms with Gasteiger partial charge in [-0.25, -0.2) is 4.79 Å². The lowest BCUT2D eigenvalue weighted by atomic mass is 10.1. The maximum Gasteiger partial charge on any atom is 0.350 e. The zero-order valence-electron chi connectivity index (χ0n) is 13.1. The van der Waals surface area contributed by atoms with E-state index in [4.69, 9.17) is 14.6 Å². The Hall–Kier alpha value is -2.04. The second-order valence-corrected chi connectivity index (χ2v) is 6.33. The predicted molar refractivity (Wildman–Crippen MR) is 78.3 cm³/mol. The zero-order valence-corrected chi connectivity index (χ0v) is 13.1. The van der Waals surface area contributed by atoms with Crippen LogP contribution in [0.1, 0.15) is 40.2 Å². The summed E-state index contributed by atoms with van der Waals surface area (Å²) in [7, 11) is 0. The zero-order chi connectivity index (χ0) is 16.3. The third-order valence-corrected chi connectivity index (χ3v) is 2.52. The van der Waals surface area contributed by atoms with Crippen molar-refractivity contribution in [2.45, 2.75) is 52.2 Å². The van der Waals surface area contributed by atoms with Crippen molar-refractivity contribution in [3.05, 3.63) is 29.8 Å². The van der Waals surface area contributed by atoms with Gasteiger partial charge in [-0.2, -0.15) is 0 Å². The van der Waals surface area contributed by atoms with E-state index < -0.39 is 23.1 Å². The standard InChI is InChI=1S/C16H22O5/c1-15(2,3)21-14(19)16(4,5)20-12-8-6-7-11(9-12)10-13(17)18/h6-9H,10H2,1-5H3,(H,17,18). The van der Waals surface area contributed by atoms with Crippen molar-refractivity contribution < 1.29 is 24.2 Å². The van der Waals surface area contributed by atoms with E-state index in [0.717, 1.165) is 0 Å². The Morgan fingerprint density at radius 2 is 1.76 bits per heavy atom. The number of benzene rings is 1. The average Bonchev–Trinajstić information content (AvgIpc) is 2.25. The van der Waals surface area contributed by atoms with E-state index >= 15 is 0 Å². The van der Waals surface area contributed by atoms with Crippen LogP contribution >= 0.6 is 0 Å². The molecule has 116 valence electrons. The third kappa shape index (κ3) is 5.85. The summed E-state index contributed by atoms with van der Waals surface area (Å²) in [6.45, 7) is 8.59. The summed E-state index contributed by atoms with van der Waals surface area (Å²) >= 11 is 0. The number of carboxylic acid groups (broad SMARTS) is 1. The van der Waals surface area contributed by atoms with Gasteiger partial charge in [0, 0.05) is 0 Å². The molecule has 0 saturated carbocycles. The van der Waals surface area contributed by atoms with Gasteiger partial charge < -0.3 is 14.6 Å². The van der Waals surface area contributed by atoms with Crippen LogP contribution in [0.25, 0.3) is 0 Å². The Bertz CT molecular complexity index is 526. The van der Waals surface area contributed by atoms with Crippen LogP contribution in [0.5, 0.6) is 5.75 Å². The number of hydrogen-bond donors (Lipinski definition) is 1. The largest absolute Gasteiger partial charge is 0.481 e. The summed E-state index contributed by atoms with van der Waals surface area (Å²) in [5.41, 5.74) is -1.14. The van der Waals surface area contributed by atoms with Crippen molar-refractivity contribution in [1.29, 1.82) is 0 Å². The number of carbonyl (C=O) groups is 2. The highest BCUT2D eigenvalue weighted by Gasteiger charge is 2.34. The molecule has 1 N–H and O–H groups in total. The van der Waals surface area contributed by atoms with Crippen LogP contribution in [-0.2, 0) is 20.7 Å². The molecule has 0 radical (unpaired) electrons. The van der Waals surface area contributed by atoms with E-state index in [1.54, 1.807) is 58.9 Å². The topological polar surface area (TPSA) is 72.8 Å². The highest BCUT2D eigenvalue weighted by Crippen LogP contribution is 2.23. The van der Waals surface area contributed by atoms with E-state index in [9.17, 15) is 9.59 Å². The van der Waals surface area contributed by atoms with Crippen molar-refractivity contribution in [3.63, 3.8) is 0 Å². The molecule has 0 fully saturated rings. The van der Waals surface area contributed by atoms with E-state index in [1.807, 2.05) is 0 Å². The molecule has 1 aromatic carbocycles. The first kappa shape index (κ1) is 17.0. The lowest BCUT2D eigenvalue weighted by Crippen LogP contribution is -2.43. The number of esters is 1. The van der Waals surface area contributed by atoms with Crippen molar-refractivity contribution in [2.75, 3.05) is 0 Å². The second-order valence-electron chi connectivity index (χ2n) is 6.33. The molecule has 5 heteroatoms. The molecule has 0 bridgehead atoms. The van der Waals surface area contributed by atoms with E-state index in [0.29, 0.717) is 11.3 Å². The molecule has 0 amide bonds. The number of aliphatic carboxylic acids is 1. The highest BCUT2D eigenvalue weighted by atomic mass is 16.6. The van der Waals surface area contributed by atoms with Crippen LogP contribution in [0.3, 0.4) is 0 Å². The van der Waals surface area contributed by atoms with Crippen LogP contribution in [0, 0.1) is 0 Å². The lowest BCUT2D eigenvalue weighted by molar-refractivity contribution is -0.171. The van der Waals surface area contributed by atoms with Crippen molar-refractivity contribution in [2.24, 2.45) is 0 Å². The SMILES string of the molecule is CC(C)(C)OC(=O)C(C)(C)Oc1cccc(CC(=O)O)c1. The van der Waals surface area contributed by atoms with Gasteiger partial charge in [0.05, 0.1) is 6.42 Å². The number of ether oxygens (including phenoxy) is 2. The van der Waals surface area contributed by atoms with Crippen molar-refractivity contribution in [3.8, 4) is 5.75 Å². The first-order valence-electron chi connectivity index (χ1n) is 6.73. The van der Waals surface area contributed by atoms with Crippen LogP contribution in [-0.4, -0.2) is 28.2 Å². The Labute approximate surface area is 124 Å². The molecule has 0 atom stereocenters. The van der Waals surface area contributed by atoms with Gasteiger partial charge in [-0.15, -0.1) is 0 Å². The number of carboxylic acids is 1. The molecule has 0 unspecified atom stereocenters. The fraction of sp³-hybridized carbons (Fsp3) is 0.500. The van der Waals surface area contributed by atoms with E-state index in [-0.39, 0.29) is 6.42 Å². The Morgan fingerprint density at radius 1 is 1.14 bits per heavy atom. The lowest BCUT2D eigenvalue weighted by Gasteiger charge is -2.29. The highest BCUT2D eigenvalue weighted by molar-refractivity contribution is 5.79. The molecule has 1 aromatic rings. The van der Waals surface area contributed by atoms with Crippen molar-refractivity contribution >= 4 is 11.9 Å². The monoisotopic (exact) mass is 294 g/mol. The third-order valence-electron chi connectivity index (χ3n) is 2.52. The van der Waals surface area contributed by atoms with Crippen LogP contribution in [0.2, 0.25) is 0 Å². The summed E-state index contributed by atoms with van der Waals surface area (Å²) in [5, 5.41) is 8.79. The normalized spacial score (nSPS) is 11.9. The Morgan fingerprint density at radius 3 is 2.29 bits per heavy atom. The predicted octanol–water partition coefficient (Wildman–Crippen LogP) is 2.81. The van der Waals surface area contributed by atoms with Gasteiger partial charge in [0.15, 0.2) is 5.60 Å². The summed E-state index contributed by atoms with van der Waals surface area (Å²) in [6, 6.07) is 6.68. The molecule has 0 aromatic heterocycles. The molecule has 0 spiro atoms. The molecular weight excluding hydrogens is 272 g/mol. The van der Waals surface area contributed by atoms with Gasteiger partial charge >= 0.3 is 11.9 Å². The molecule has 0 saturated heterocycles. The molecule has 0 aliphatic heterocycles. The van der Waals surface area contributed by atoms with Crippen LogP contribution in [0.15, 0.2) is 24.3 Å². The minimum atomic E-state index is -1.16. The van der Waals surface area contributed by atoms with Gasteiger partial charge in [0.2, 0.25) is 0 Å². The maximum atomic E-state index is 12.1. The summed E-state index contributed by atoms with van der Waals surface area (Å²) in [5.74, 6) is -0.957. The van der Waals surface area contributed by atoms with Gasteiger partial charge in [-0.3, -0.25) is 4.79 Å². The summed E-state index contributed by atoms with van der Waals surface area (Å²) < 4.78 is 11.0. The minimum absolute atomic E-state index is 0.0932. The number of rotatable bonds is 5. The average molecular weight is 294 g/mol. The molecule has 5 nitrogen and oxygen atoms in total. The maximum absolute atomic E-state index is 12.1. The minimum Gasteiger partial charge on any atom is -0.481 e.